The molecule has 0 aliphatic heterocycles. The van der Waals surface area contributed by atoms with Crippen LogP contribution >= 0.6 is 0 Å². The third-order valence-corrected chi connectivity index (χ3v) is 2.85. The lowest BCUT2D eigenvalue weighted by Gasteiger charge is -2.06. The molecule has 2 nitrogen and oxygen atoms in total. The zero-order valence-electron chi connectivity index (χ0n) is 9.81. The van der Waals surface area contributed by atoms with Crippen LogP contribution in [0.2, 0.25) is 0 Å². The number of rotatable bonds is 7. The molecule has 94 valence electrons. The Morgan fingerprint density at radius 1 is 1.12 bits per heavy atom. The molecular weight excluding hydrogens is 222 g/mol. The van der Waals surface area contributed by atoms with Crippen LogP contribution in [0.3, 0.4) is 0 Å². The fourth-order valence-electron chi connectivity index (χ4n) is 1.69. The summed E-state index contributed by atoms with van der Waals surface area (Å²) < 4.78 is 25.6. The van der Waals surface area contributed by atoms with Crippen molar-refractivity contribution in [3.63, 3.8) is 0 Å². The van der Waals surface area contributed by atoms with Gasteiger partial charge in [-0.2, -0.15) is 0 Å². The highest BCUT2D eigenvalue weighted by Gasteiger charge is 2.19. The van der Waals surface area contributed by atoms with Crippen LogP contribution in [0, 0.1) is 11.6 Å². The maximum absolute atomic E-state index is 12.9. The first-order chi connectivity index (χ1) is 8.25. The minimum atomic E-state index is -0.789. The van der Waals surface area contributed by atoms with Crippen molar-refractivity contribution in [3.8, 4) is 0 Å². The van der Waals surface area contributed by atoms with E-state index in [0.29, 0.717) is 6.54 Å². The van der Waals surface area contributed by atoms with Crippen LogP contribution in [-0.2, 0) is 6.54 Å². The van der Waals surface area contributed by atoms with Gasteiger partial charge in [-0.15, -0.1) is 0 Å². The molecule has 0 amide bonds. The molecule has 1 aliphatic carbocycles. The Labute approximate surface area is 100 Å². The van der Waals surface area contributed by atoms with E-state index in [1.165, 1.54) is 25.0 Å². The standard InChI is InChI=1S/C13H18F2N2/c14-12-5-2-10(8-13(12)15)9-16-6-1-7-17-11-3-4-11/h2,5,8,11,16-17H,1,3-4,6-7,9H2. The number of hydrogen-bond acceptors (Lipinski definition) is 2. The van der Waals surface area contributed by atoms with Crippen molar-refractivity contribution in [2.45, 2.75) is 31.8 Å². The Morgan fingerprint density at radius 2 is 1.94 bits per heavy atom. The molecule has 1 aromatic carbocycles. The average molecular weight is 240 g/mol. The predicted molar refractivity (Wildman–Crippen MR) is 63.7 cm³/mol. The van der Waals surface area contributed by atoms with Crippen molar-refractivity contribution in [3.05, 3.63) is 35.4 Å². The van der Waals surface area contributed by atoms with Gasteiger partial charge >= 0.3 is 0 Å². The van der Waals surface area contributed by atoms with Crippen LogP contribution in [0.25, 0.3) is 0 Å². The summed E-state index contributed by atoms with van der Waals surface area (Å²) >= 11 is 0. The van der Waals surface area contributed by atoms with E-state index >= 15 is 0 Å². The Bertz CT molecular complexity index is 364. The van der Waals surface area contributed by atoms with Gasteiger partial charge in [-0.1, -0.05) is 6.07 Å². The number of hydrogen-bond donors (Lipinski definition) is 2. The molecule has 17 heavy (non-hydrogen) atoms. The summed E-state index contributed by atoms with van der Waals surface area (Å²) in [5.74, 6) is -1.57. The summed E-state index contributed by atoms with van der Waals surface area (Å²) in [6, 6.07) is 4.76. The van der Waals surface area contributed by atoms with Gasteiger partial charge in [-0.05, 0) is 50.0 Å². The molecule has 0 aromatic heterocycles. The van der Waals surface area contributed by atoms with E-state index in [-0.39, 0.29) is 0 Å². The van der Waals surface area contributed by atoms with Crippen LogP contribution in [-0.4, -0.2) is 19.1 Å². The van der Waals surface area contributed by atoms with Gasteiger partial charge in [0.1, 0.15) is 0 Å². The van der Waals surface area contributed by atoms with Crippen molar-refractivity contribution >= 4 is 0 Å². The van der Waals surface area contributed by atoms with Gasteiger partial charge in [0.25, 0.3) is 0 Å². The summed E-state index contributed by atoms with van der Waals surface area (Å²) in [6.07, 6.45) is 3.67. The minimum Gasteiger partial charge on any atom is -0.314 e. The van der Waals surface area contributed by atoms with E-state index in [4.69, 9.17) is 0 Å². The second kappa shape index (κ2) is 6.07. The molecule has 0 spiro atoms. The van der Waals surface area contributed by atoms with Gasteiger partial charge < -0.3 is 10.6 Å². The average Bonchev–Trinajstić information content (AvgIpc) is 3.12. The zero-order chi connectivity index (χ0) is 12.1. The molecule has 2 rings (SSSR count). The highest BCUT2D eigenvalue weighted by molar-refractivity contribution is 5.17. The van der Waals surface area contributed by atoms with Gasteiger partial charge in [0.2, 0.25) is 0 Å². The summed E-state index contributed by atoms with van der Waals surface area (Å²) in [6.45, 7) is 2.49. The molecular formula is C13H18F2N2. The van der Waals surface area contributed by atoms with E-state index in [1.807, 2.05) is 0 Å². The van der Waals surface area contributed by atoms with Crippen molar-refractivity contribution in [2.75, 3.05) is 13.1 Å². The SMILES string of the molecule is Fc1ccc(CNCCCNC2CC2)cc1F. The lowest BCUT2D eigenvalue weighted by Crippen LogP contribution is -2.23. The second-order valence-corrected chi connectivity index (χ2v) is 4.51. The normalized spacial score (nSPS) is 15.2. The Balaban J connectivity index is 1.58. The highest BCUT2D eigenvalue weighted by Crippen LogP contribution is 2.18. The maximum Gasteiger partial charge on any atom is 0.159 e. The molecule has 0 saturated heterocycles. The van der Waals surface area contributed by atoms with Gasteiger partial charge in [0.15, 0.2) is 11.6 Å². The van der Waals surface area contributed by atoms with Crippen molar-refractivity contribution in [1.29, 1.82) is 0 Å². The molecule has 1 aromatic rings. The van der Waals surface area contributed by atoms with E-state index in [9.17, 15) is 8.78 Å². The molecule has 4 heteroatoms. The van der Waals surface area contributed by atoms with Crippen molar-refractivity contribution in [1.82, 2.24) is 10.6 Å². The first-order valence-corrected chi connectivity index (χ1v) is 6.14. The minimum absolute atomic E-state index is 0.584. The fraction of sp³-hybridized carbons (Fsp3) is 0.538. The summed E-state index contributed by atoms with van der Waals surface area (Å²) in [7, 11) is 0. The van der Waals surface area contributed by atoms with Crippen LogP contribution in [0.5, 0.6) is 0 Å². The zero-order valence-corrected chi connectivity index (χ0v) is 9.81. The first kappa shape index (κ1) is 12.5. The molecule has 1 saturated carbocycles. The molecule has 0 unspecified atom stereocenters. The van der Waals surface area contributed by atoms with Gasteiger partial charge in [0.05, 0.1) is 0 Å². The number of benzene rings is 1. The van der Waals surface area contributed by atoms with Crippen LogP contribution < -0.4 is 10.6 Å². The molecule has 0 bridgehead atoms. The lowest BCUT2D eigenvalue weighted by atomic mass is 10.2. The van der Waals surface area contributed by atoms with Crippen molar-refractivity contribution in [2.24, 2.45) is 0 Å². The van der Waals surface area contributed by atoms with E-state index in [2.05, 4.69) is 10.6 Å². The molecule has 1 aliphatic rings. The van der Waals surface area contributed by atoms with Gasteiger partial charge in [-0.25, -0.2) is 8.78 Å². The molecule has 2 N–H and O–H groups in total. The fourth-order valence-corrected chi connectivity index (χ4v) is 1.69. The van der Waals surface area contributed by atoms with Gasteiger partial charge in [0, 0.05) is 12.6 Å². The molecule has 0 radical (unpaired) electrons. The first-order valence-electron chi connectivity index (χ1n) is 6.14. The Kier molecular flexibility index (Phi) is 4.45. The third-order valence-electron chi connectivity index (χ3n) is 2.85. The quantitative estimate of drug-likeness (QED) is 0.714. The summed E-state index contributed by atoms with van der Waals surface area (Å²) in [4.78, 5) is 0. The Hall–Kier alpha value is -1.00. The smallest absolute Gasteiger partial charge is 0.159 e. The summed E-state index contributed by atoms with van der Waals surface area (Å²) in [5, 5.41) is 6.64. The molecule has 0 heterocycles. The molecule has 0 atom stereocenters. The van der Waals surface area contributed by atoms with E-state index in [0.717, 1.165) is 31.1 Å². The number of nitrogens with one attached hydrogen (secondary N) is 2. The lowest BCUT2D eigenvalue weighted by molar-refractivity contribution is 0.505. The predicted octanol–water partition coefficient (Wildman–Crippen LogP) is 2.20. The Morgan fingerprint density at radius 3 is 2.65 bits per heavy atom. The monoisotopic (exact) mass is 240 g/mol. The molecule has 1 fully saturated rings. The highest BCUT2D eigenvalue weighted by atomic mass is 19.2. The van der Waals surface area contributed by atoms with E-state index < -0.39 is 11.6 Å². The van der Waals surface area contributed by atoms with Gasteiger partial charge in [-0.3, -0.25) is 0 Å². The largest absolute Gasteiger partial charge is 0.314 e. The van der Waals surface area contributed by atoms with Crippen LogP contribution in [0.15, 0.2) is 18.2 Å². The summed E-state index contributed by atoms with van der Waals surface area (Å²) in [5.41, 5.74) is 0.777. The topological polar surface area (TPSA) is 24.1 Å². The van der Waals surface area contributed by atoms with Crippen molar-refractivity contribution < 1.29 is 8.78 Å². The van der Waals surface area contributed by atoms with Crippen LogP contribution in [0.1, 0.15) is 24.8 Å². The van der Waals surface area contributed by atoms with E-state index in [1.54, 1.807) is 6.07 Å². The maximum atomic E-state index is 12.9. The van der Waals surface area contributed by atoms with Crippen LogP contribution in [0.4, 0.5) is 8.78 Å². The number of halogens is 2. The third kappa shape index (κ3) is 4.40. The second-order valence-electron chi connectivity index (χ2n) is 4.51.